The predicted molar refractivity (Wildman–Crippen MR) is 191 cm³/mol. The first-order valence-corrected chi connectivity index (χ1v) is 18.2. The number of carbonyl (C=O) groups is 4. The minimum atomic E-state index is -2.25. The van der Waals surface area contributed by atoms with Gasteiger partial charge in [0.05, 0.1) is 55.3 Å². The van der Waals surface area contributed by atoms with Gasteiger partial charge in [0, 0.05) is 95.9 Å². The van der Waals surface area contributed by atoms with Crippen LogP contribution in [-0.4, -0.2) is 148 Å². The van der Waals surface area contributed by atoms with Gasteiger partial charge in [0.2, 0.25) is 11.7 Å². The first kappa shape index (κ1) is 40.5. The van der Waals surface area contributed by atoms with Crippen LogP contribution < -0.4 is 15.4 Å². The molecule has 5 N–H and O–H groups in total. The zero-order valence-corrected chi connectivity index (χ0v) is 31.5. The number of morpholine rings is 1. The normalized spacial score (nSPS) is 27.8. The third kappa shape index (κ3) is 7.80. The van der Waals surface area contributed by atoms with Crippen LogP contribution in [0.25, 0.3) is 0 Å². The molecule has 55 heavy (non-hydrogen) atoms. The number of nitrogens with zero attached hydrogens (tertiary/aromatic N) is 1. The van der Waals surface area contributed by atoms with Crippen molar-refractivity contribution in [2.45, 2.75) is 75.1 Å². The van der Waals surface area contributed by atoms with E-state index in [1.807, 2.05) is 6.92 Å². The number of fused-ring (bicyclic) bond motifs is 3. The summed E-state index contributed by atoms with van der Waals surface area (Å²) in [4.78, 5) is 56.0. The highest BCUT2D eigenvalue weighted by atomic mass is 16.7. The highest BCUT2D eigenvalue weighted by molar-refractivity contribution is 6.31. The molecule has 2 amide bonds. The van der Waals surface area contributed by atoms with Crippen LogP contribution in [0.3, 0.4) is 0 Å². The Kier molecular flexibility index (Phi) is 12.4. The van der Waals surface area contributed by atoms with Crippen molar-refractivity contribution in [2.24, 2.45) is 0 Å². The van der Waals surface area contributed by atoms with Gasteiger partial charge in [0.25, 0.3) is 5.91 Å². The second kappa shape index (κ2) is 16.9. The van der Waals surface area contributed by atoms with Crippen molar-refractivity contribution in [3.8, 4) is 17.2 Å². The molecule has 2 aliphatic carbocycles. The molecular formula is C38H49N3O14. The monoisotopic (exact) mass is 771 g/mol. The minimum absolute atomic E-state index is 0.0437. The Bertz CT molecular complexity index is 1800. The van der Waals surface area contributed by atoms with Crippen LogP contribution in [0, 0.1) is 0 Å². The predicted octanol–water partition coefficient (Wildman–Crippen LogP) is 0.709. The molecule has 2 fully saturated rings. The van der Waals surface area contributed by atoms with E-state index in [-0.39, 0.29) is 78.6 Å². The van der Waals surface area contributed by atoms with E-state index in [2.05, 4.69) is 15.5 Å². The van der Waals surface area contributed by atoms with E-state index in [1.165, 1.54) is 32.4 Å². The van der Waals surface area contributed by atoms with Gasteiger partial charge in [-0.2, -0.15) is 0 Å². The highest BCUT2D eigenvalue weighted by Crippen LogP contribution is 2.52. The number of ether oxygens (including phenoxy) is 7. The number of amides is 2. The molecule has 17 heteroatoms. The lowest BCUT2D eigenvalue weighted by molar-refractivity contribution is -0.270. The first-order valence-electron chi connectivity index (χ1n) is 18.2. The molecule has 300 valence electrons. The van der Waals surface area contributed by atoms with Crippen molar-refractivity contribution in [2.75, 3.05) is 67.8 Å². The summed E-state index contributed by atoms with van der Waals surface area (Å²) < 4.78 is 40.2. The van der Waals surface area contributed by atoms with Crippen LogP contribution in [0.1, 0.15) is 75.3 Å². The lowest BCUT2D eigenvalue weighted by Gasteiger charge is -2.48. The minimum Gasteiger partial charge on any atom is -0.507 e. The average molecular weight is 772 g/mol. The van der Waals surface area contributed by atoms with Crippen LogP contribution in [0.5, 0.6) is 17.2 Å². The maximum Gasteiger partial charge on any atom is 0.252 e. The van der Waals surface area contributed by atoms with E-state index >= 15 is 0 Å². The molecule has 2 aromatic carbocycles. The van der Waals surface area contributed by atoms with E-state index in [9.17, 15) is 34.5 Å². The summed E-state index contributed by atoms with van der Waals surface area (Å²) in [7, 11) is 5.97. The Morgan fingerprint density at radius 1 is 0.982 bits per heavy atom. The maximum absolute atomic E-state index is 14.1. The quantitative estimate of drug-likeness (QED) is 0.119. The number of aliphatic hydroxyl groups is 1. The molecule has 17 nitrogen and oxygen atoms in total. The van der Waals surface area contributed by atoms with Crippen LogP contribution in [-0.2, 0) is 44.4 Å². The number of phenolic OH excluding ortho intramolecular Hbond substituents is 2. The fraction of sp³-hybridized carbons (Fsp3) is 0.579. The number of phenols is 2. The Morgan fingerprint density at radius 3 is 2.44 bits per heavy atom. The molecular weight excluding hydrogens is 722 g/mol. The van der Waals surface area contributed by atoms with Crippen LogP contribution in [0.15, 0.2) is 18.2 Å². The molecule has 0 spiro atoms. The molecule has 6 rings (SSSR count). The first-order chi connectivity index (χ1) is 26.4. The van der Waals surface area contributed by atoms with Gasteiger partial charge in [-0.05, 0) is 13.0 Å². The van der Waals surface area contributed by atoms with E-state index in [0.29, 0.717) is 19.7 Å². The standard InChI is InChI=1S/C38H49N3O14/c1-19-36(52-5)22(41-12-14-53-27(18-41)51-4)15-26(54-19)55-24-17-38(48,37(47)40-11-10-39-25(42)9-13-49-2)16-21-29(24)35(46)31-30(33(21)44)32(43)20-7-6-8-23(50-3)28(20)34(31)45/h6-8,19,22,24,26-27,36,44,46,48H,9-18H2,1-5H3,(H,39,42)(H,40,47)/t19-,22-,24-,26-,27-,36+,38-/m0/s1. The van der Waals surface area contributed by atoms with E-state index in [1.54, 1.807) is 14.2 Å². The fourth-order valence-electron chi connectivity index (χ4n) is 8.11. The molecule has 0 radical (unpaired) electrons. The van der Waals surface area contributed by atoms with Crippen molar-refractivity contribution in [1.29, 1.82) is 0 Å². The number of rotatable bonds is 13. The molecule has 2 aliphatic heterocycles. The Labute approximate surface area is 318 Å². The summed E-state index contributed by atoms with van der Waals surface area (Å²) in [6, 6.07) is 4.19. The summed E-state index contributed by atoms with van der Waals surface area (Å²) >= 11 is 0. The van der Waals surface area contributed by atoms with Crippen molar-refractivity contribution >= 4 is 23.4 Å². The topological polar surface area (TPSA) is 221 Å². The van der Waals surface area contributed by atoms with Crippen LogP contribution in [0.4, 0.5) is 0 Å². The van der Waals surface area contributed by atoms with E-state index < -0.39 is 83.3 Å². The molecule has 0 saturated carbocycles. The SMILES string of the molecule is COCCC(=O)NCCNC(=O)[C@]1(O)Cc2c(O)c3c(c(O)c2[C@@H](O[C@H]2C[C@H](N4CCO[C@H](OC)C4)[C@H](OC)[C@H](C)O2)C1)C(=O)c1c(OC)cccc1C3=O. The molecule has 4 aliphatic rings. The highest BCUT2D eigenvalue weighted by Gasteiger charge is 2.51. The number of hydrogen-bond acceptors (Lipinski definition) is 15. The van der Waals surface area contributed by atoms with Gasteiger partial charge in [0.15, 0.2) is 18.4 Å². The van der Waals surface area contributed by atoms with E-state index in [0.717, 1.165) is 0 Å². The number of benzene rings is 2. The number of nitrogens with one attached hydrogen (secondary N) is 2. The largest absolute Gasteiger partial charge is 0.507 e. The smallest absolute Gasteiger partial charge is 0.252 e. The van der Waals surface area contributed by atoms with Crippen molar-refractivity contribution in [1.82, 2.24) is 15.5 Å². The molecule has 0 bridgehead atoms. The molecule has 2 aromatic rings. The zero-order chi connectivity index (χ0) is 39.6. The number of hydrogen-bond donors (Lipinski definition) is 5. The van der Waals surface area contributed by atoms with Gasteiger partial charge in [0.1, 0.15) is 22.8 Å². The summed E-state index contributed by atoms with van der Waals surface area (Å²) in [5, 5.41) is 41.2. The molecule has 2 saturated heterocycles. The fourth-order valence-corrected chi connectivity index (χ4v) is 8.11. The molecule has 2 heterocycles. The molecule has 0 unspecified atom stereocenters. The van der Waals surface area contributed by atoms with Crippen LogP contribution in [0.2, 0.25) is 0 Å². The van der Waals surface area contributed by atoms with Gasteiger partial charge >= 0.3 is 0 Å². The number of carbonyl (C=O) groups excluding carboxylic acids is 4. The van der Waals surface area contributed by atoms with Crippen molar-refractivity contribution in [3.05, 3.63) is 51.6 Å². The Hall–Kier alpha value is -4.20. The van der Waals surface area contributed by atoms with E-state index in [4.69, 9.17) is 33.2 Å². The zero-order valence-electron chi connectivity index (χ0n) is 31.5. The summed E-state index contributed by atoms with van der Waals surface area (Å²) in [6.45, 7) is 3.50. The summed E-state index contributed by atoms with van der Waals surface area (Å²) in [6.07, 6.45) is -4.27. The van der Waals surface area contributed by atoms with Crippen LogP contribution >= 0.6 is 0 Å². The third-order valence-electron chi connectivity index (χ3n) is 10.8. The second-order valence-corrected chi connectivity index (χ2v) is 14.1. The van der Waals surface area contributed by atoms with Gasteiger partial charge in [-0.3, -0.25) is 24.1 Å². The number of ketones is 2. The van der Waals surface area contributed by atoms with Crippen molar-refractivity contribution < 1.29 is 67.7 Å². The van der Waals surface area contributed by atoms with Gasteiger partial charge in [-0.25, -0.2) is 0 Å². The molecule has 0 aromatic heterocycles. The number of methoxy groups -OCH3 is 4. The van der Waals surface area contributed by atoms with Gasteiger partial charge < -0.3 is 59.1 Å². The lowest BCUT2D eigenvalue weighted by Crippen LogP contribution is -2.60. The van der Waals surface area contributed by atoms with Gasteiger partial charge in [-0.15, -0.1) is 0 Å². The second-order valence-electron chi connectivity index (χ2n) is 14.1. The Morgan fingerprint density at radius 2 is 1.73 bits per heavy atom. The lowest BCUT2D eigenvalue weighted by atomic mass is 9.72. The molecule has 7 atom stereocenters. The van der Waals surface area contributed by atoms with Gasteiger partial charge in [-0.1, -0.05) is 12.1 Å². The Balaban J connectivity index is 1.36. The summed E-state index contributed by atoms with van der Waals surface area (Å²) in [5.41, 5.74) is -3.48. The van der Waals surface area contributed by atoms with Crippen molar-refractivity contribution in [3.63, 3.8) is 0 Å². The maximum atomic E-state index is 14.1. The number of aromatic hydroxyl groups is 2. The average Bonchev–Trinajstić information content (AvgIpc) is 3.18. The summed E-state index contributed by atoms with van der Waals surface area (Å²) in [5.74, 6) is -3.84. The third-order valence-corrected chi connectivity index (χ3v) is 10.8.